The first-order valence-corrected chi connectivity index (χ1v) is 26.0. The second-order valence-electron chi connectivity index (χ2n) is 19.3. The molecule has 0 bridgehead atoms. The summed E-state index contributed by atoms with van der Waals surface area (Å²) in [6.07, 6.45) is 7.41. The normalized spacial score (nSPS) is 19.5. The predicted molar refractivity (Wildman–Crippen MR) is 287 cm³/mol. The van der Waals surface area contributed by atoms with Crippen molar-refractivity contribution in [2.45, 2.75) is 82.6 Å². The molecule has 75 heavy (non-hydrogen) atoms. The molecule has 0 unspecified atom stereocenters. The number of oxazole rings is 1. The number of nitrogens with one attached hydrogen (secondary N) is 4. The van der Waals surface area contributed by atoms with Gasteiger partial charge < -0.3 is 54.4 Å². The topological polar surface area (TPSA) is 218 Å². The third-order valence-corrected chi connectivity index (χ3v) is 13.9. The molecular weight excluding hydrogens is 976 g/mol. The highest BCUT2D eigenvalue weighted by Crippen LogP contribution is 2.42. The Morgan fingerprint density at radius 3 is 2.28 bits per heavy atom. The molecule has 6 atom stereocenters. The molecule has 5 aromatic rings. The van der Waals surface area contributed by atoms with Gasteiger partial charge in [0.05, 0.1) is 82.4 Å². The number of aryl methyl sites for hydroxylation is 1. The van der Waals surface area contributed by atoms with Crippen molar-refractivity contribution in [2.24, 2.45) is 5.92 Å². The number of carbonyl (C=O) groups is 3. The summed E-state index contributed by atoms with van der Waals surface area (Å²) in [5.74, 6) is 1.56. The Labute approximate surface area is 446 Å². The van der Waals surface area contributed by atoms with Gasteiger partial charge in [0.15, 0.2) is 5.76 Å². The van der Waals surface area contributed by atoms with Crippen LogP contribution < -0.4 is 26.2 Å². The van der Waals surface area contributed by atoms with E-state index in [0.29, 0.717) is 106 Å². The van der Waals surface area contributed by atoms with Gasteiger partial charge in [-0.05, 0) is 87.9 Å². The van der Waals surface area contributed by atoms with Gasteiger partial charge in [-0.15, -0.1) is 12.4 Å². The number of halogens is 1. The van der Waals surface area contributed by atoms with E-state index in [-0.39, 0.29) is 66.2 Å². The minimum Gasteiger partial charge on any atom is -0.432 e. The summed E-state index contributed by atoms with van der Waals surface area (Å²) >= 11 is 0. The van der Waals surface area contributed by atoms with Crippen LogP contribution in [-0.2, 0) is 23.7 Å². The van der Waals surface area contributed by atoms with Crippen molar-refractivity contribution < 1.29 is 37.7 Å². The average Bonchev–Trinajstić information content (AvgIpc) is 4.20. The summed E-state index contributed by atoms with van der Waals surface area (Å²) in [7, 11) is 2.05. The van der Waals surface area contributed by atoms with Gasteiger partial charge in [-0.1, -0.05) is 67.4 Å². The highest BCUT2D eigenvalue weighted by molar-refractivity contribution is 5.95. The standard InChI is InChI=1S/C56H70N10O8.ClH/c1-38(61-53(67)43-18-16-42(17-19-43)41-11-5-4-6-12-41)48-33-52(63-39(2)62-48)66-49-15-8-7-13-44(49)31-50(66)54(68)58-20-22-70-24-26-72-28-29-73-27-25-71-23-21-65(3)37-47-32-46(35-59-47)64-55(69)56-60-36-51(74-56)45-14-9-10-40(30-45)34-57;/h4-6,9-12,14,16-19,30,33,36,38,44,46-47,49-50,59H,7-8,13,15,20-29,31-32,35,37H2,1-3H3,(H,58,68)(H,61,67)(H,64,69);1H/t38-,44-,46+,47-,49-,50-;/m0./s1. The van der Waals surface area contributed by atoms with Crippen LogP contribution in [0.15, 0.2) is 95.5 Å². The first kappa shape index (κ1) is 56.4. The summed E-state index contributed by atoms with van der Waals surface area (Å²) < 4.78 is 28.6. The van der Waals surface area contributed by atoms with E-state index in [0.717, 1.165) is 68.6 Å². The number of nitriles is 1. The SMILES string of the molecule is Cc1nc([C@H](C)NC(=O)c2ccc(-c3ccccc3)cc2)cc(N2[C@H](C(=O)NCCOCCOCCOCCOCCN(C)C[C@@H]3C[C@@H](NC(=O)c4ncc(-c5cccc(C#N)c5)o4)CN3)C[C@@H]3CCCC[C@@H]32)n1.Cl. The molecule has 4 N–H and O–H groups in total. The van der Waals surface area contributed by atoms with Gasteiger partial charge >= 0.3 is 5.91 Å². The summed E-state index contributed by atoms with van der Waals surface area (Å²) in [6, 6.07) is 28.3. The quantitative estimate of drug-likeness (QED) is 0.0447. The van der Waals surface area contributed by atoms with E-state index in [1.54, 1.807) is 18.2 Å². The smallest absolute Gasteiger partial charge is 0.307 e. The van der Waals surface area contributed by atoms with Crippen molar-refractivity contribution in [3.8, 4) is 28.5 Å². The number of fused-ring (bicyclic) bond motifs is 1. The number of carbonyl (C=O) groups excluding carboxylic acids is 3. The van der Waals surface area contributed by atoms with E-state index in [2.05, 4.69) is 42.1 Å². The number of likely N-dealkylation sites (N-methyl/N-ethyl adjacent to an activating group) is 1. The van der Waals surface area contributed by atoms with Crippen LogP contribution in [0.25, 0.3) is 22.5 Å². The molecule has 3 aromatic carbocycles. The van der Waals surface area contributed by atoms with E-state index in [1.807, 2.05) is 87.6 Å². The third kappa shape index (κ3) is 16.1. The van der Waals surface area contributed by atoms with E-state index in [1.165, 1.54) is 6.20 Å². The molecule has 0 radical (unpaired) electrons. The summed E-state index contributed by atoms with van der Waals surface area (Å²) in [4.78, 5) is 58.2. The molecule has 2 saturated heterocycles. The second-order valence-corrected chi connectivity index (χ2v) is 19.3. The van der Waals surface area contributed by atoms with Gasteiger partial charge in [0.2, 0.25) is 5.91 Å². The van der Waals surface area contributed by atoms with Crippen LogP contribution >= 0.6 is 12.4 Å². The van der Waals surface area contributed by atoms with E-state index >= 15 is 0 Å². The Bertz CT molecular complexity index is 2650. The van der Waals surface area contributed by atoms with Gasteiger partial charge in [-0.3, -0.25) is 14.4 Å². The Morgan fingerprint density at radius 2 is 1.53 bits per heavy atom. The lowest BCUT2D eigenvalue weighted by atomic mass is 9.84. The number of amides is 3. The van der Waals surface area contributed by atoms with Crippen molar-refractivity contribution in [1.82, 2.24) is 41.1 Å². The van der Waals surface area contributed by atoms with Crippen molar-refractivity contribution in [2.75, 3.05) is 91.0 Å². The van der Waals surface area contributed by atoms with E-state index < -0.39 is 0 Å². The van der Waals surface area contributed by atoms with Crippen molar-refractivity contribution in [1.29, 1.82) is 5.26 Å². The van der Waals surface area contributed by atoms with Crippen LogP contribution in [0, 0.1) is 24.2 Å². The Morgan fingerprint density at radius 1 is 0.840 bits per heavy atom. The highest BCUT2D eigenvalue weighted by Gasteiger charge is 2.46. The molecule has 19 heteroatoms. The number of nitrogens with zero attached hydrogens (tertiary/aromatic N) is 6. The zero-order chi connectivity index (χ0) is 51.7. The largest absolute Gasteiger partial charge is 0.432 e. The molecule has 3 amide bonds. The van der Waals surface area contributed by atoms with Crippen LogP contribution in [0.1, 0.15) is 89.6 Å². The summed E-state index contributed by atoms with van der Waals surface area (Å²) in [6.45, 7) is 9.98. The van der Waals surface area contributed by atoms with Crippen molar-refractivity contribution in [3.05, 3.63) is 120 Å². The first-order chi connectivity index (χ1) is 36.1. The van der Waals surface area contributed by atoms with Crippen LogP contribution in [0.4, 0.5) is 5.82 Å². The maximum Gasteiger partial charge on any atom is 0.307 e. The molecule has 2 aliphatic heterocycles. The monoisotopic (exact) mass is 1050 g/mol. The lowest BCUT2D eigenvalue weighted by Gasteiger charge is -2.35. The minimum atomic E-state index is -0.383. The molecule has 400 valence electrons. The number of hydrogen-bond donors (Lipinski definition) is 4. The van der Waals surface area contributed by atoms with Crippen LogP contribution in [0.3, 0.4) is 0 Å². The number of rotatable bonds is 26. The average molecular weight is 1050 g/mol. The van der Waals surface area contributed by atoms with E-state index in [9.17, 15) is 19.6 Å². The lowest BCUT2D eigenvalue weighted by molar-refractivity contribution is -0.122. The molecule has 8 rings (SSSR count). The van der Waals surface area contributed by atoms with Gasteiger partial charge in [-0.2, -0.15) is 5.26 Å². The molecule has 0 spiro atoms. The lowest BCUT2D eigenvalue weighted by Crippen LogP contribution is -2.48. The Kier molecular flexibility index (Phi) is 21.5. The molecule has 18 nitrogen and oxygen atoms in total. The minimum absolute atomic E-state index is 0. The molecule has 3 aliphatic rings. The molecule has 3 fully saturated rings. The molecular formula is C56H71ClN10O8. The second kappa shape index (κ2) is 28.6. The van der Waals surface area contributed by atoms with Crippen molar-refractivity contribution in [3.63, 3.8) is 0 Å². The fourth-order valence-corrected chi connectivity index (χ4v) is 10.1. The molecule has 1 saturated carbocycles. The van der Waals surface area contributed by atoms with Gasteiger partial charge in [0.1, 0.15) is 17.7 Å². The number of ether oxygens (including phenoxy) is 4. The highest BCUT2D eigenvalue weighted by atomic mass is 35.5. The zero-order valence-electron chi connectivity index (χ0n) is 43.2. The summed E-state index contributed by atoms with van der Waals surface area (Å²) in [5, 5.41) is 21.9. The van der Waals surface area contributed by atoms with Gasteiger partial charge in [-0.25, -0.2) is 15.0 Å². The zero-order valence-corrected chi connectivity index (χ0v) is 44.0. The van der Waals surface area contributed by atoms with Crippen molar-refractivity contribution >= 4 is 35.9 Å². The van der Waals surface area contributed by atoms with Crippen LogP contribution in [-0.4, -0.2) is 148 Å². The number of aromatic nitrogens is 3. The Balaban J connectivity index is 0.00000820. The molecule has 2 aromatic heterocycles. The number of anilines is 1. The maximum atomic E-state index is 13.8. The predicted octanol–water partition coefficient (Wildman–Crippen LogP) is 6.30. The van der Waals surface area contributed by atoms with E-state index in [4.69, 9.17) is 33.3 Å². The fraction of sp³-hybridized carbons (Fsp3) is 0.482. The Hall–Kier alpha value is -6.30. The fourth-order valence-electron chi connectivity index (χ4n) is 10.1. The van der Waals surface area contributed by atoms with Crippen LogP contribution in [0.2, 0.25) is 0 Å². The maximum absolute atomic E-state index is 13.8. The number of benzene rings is 3. The molecule has 4 heterocycles. The third-order valence-electron chi connectivity index (χ3n) is 13.9. The summed E-state index contributed by atoms with van der Waals surface area (Å²) in [5.41, 5.74) is 4.60. The van der Waals surface area contributed by atoms with Gasteiger partial charge in [0, 0.05) is 61.5 Å². The van der Waals surface area contributed by atoms with Gasteiger partial charge in [0.25, 0.3) is 11.8 Å². The van der Waals surface area contributed by atoms with Crippen LogP contribution in [0.5, 0.6) is 0 Å². The first-order valence-electron chi connectivity index (χ1n) is 26.0. The molecule has 1 aliphatic carbocycles. The number of hydrogen-bond acceptors (Lipinski definition) is 15.